The van der Waals surface area contributed by atoms with Crippen LogP contribution < -0.4 is 36.4 Å². The normalized spacial score (nSPS) is 10.2. The summed E-state index contributed by atoms with van der Waals surface area (Å²) in [6.45, 7) is 15.3. The summed E-state index contributed by atoms with van der Waals surface area (Å²) >= 11 is 0.923. The zero-order valence-corrected chi connectivity index (χ0v) is 36.5. The molecule has 0 radical (unpaired) electrons. The van der Waals surface area contributed by atoms with Gasteiger partial charge < -0.3 is 35.0 Å². The maximum absolute atomic E-state index is 13.3. The van der Waals surface area contributed by atoms with Crippen LogP contribution in [0.3, 0.4) is 0 Å². The number of amides is 3. The summed E-state index contributed by atoms with van der Waals surface area (Å²) in [4.78, 5) is 50.3. The molecular weight excluding hydrogens is 823 g/mol. The summed E-state index contributed by atoms with van der Waals surface area (Å²) in [5, 5.41) is 13.5. The fourth-order valence-corrected chi connectivity index (χ4v) is 4.69. The summed E-state index contributed by atoms with van der Waals surface area (Å²) < 4.78 is 63.6. The number of nitrogens with two attached hydrogens (primary N) is 2. The first-order chi connectivity index (χ1) is 29.2. The van der Waals surface area contributed by atoms with Crippen molar-refractivity contribution < 1.29 is 51.0 Å². The van der Waals surface area contributed by atoms with Gasteiger partial charge in [0.1, 0.15) is 36.8 Å². The van der Waals surface area contributed by atoms with E-state index in [9.17, 15) is 31.9 Å². The molecule has 0 spiro atoms. The molecule has 0 saturated carbocycles. The van der Waals surface area contributed by atoms with Crippen molar-refractivity contribution in [3.8, 4) is 0 Å². The molecule has 338 valence electrons. The molecule has 3 amide bonds. The summed E-state index contributed by atoms with van der Waals surface area (Å²) in [6, 6.07) is 20.0. The van der Waals surface area contributed by atoms with E-state index >= 15 is 0 Å². The van der Waals surface area contributed by atoms with Crippen LogP contribution in [0.15, 0.2) is 84.9 Å². The molecule has 0 aliphatic heterocycles. The summed E-state index contributed by atoms with van der Waals surface area (Å²) in [5.41, 5.74) is 9.24. The minimum atomic E-state index is -0.623. The molecule has 2 atom stereocenters. The number of nitrogens with one attached hydrogen (secondary N) is 4. The van der Waals surface area contributed by atoms with Gasteiger partial charge in [0.25, 0.3) is 0 Å². The van der Waals surface area contributed by atoms with Gasteiger partial charge in [-0.3, -0.25) is 20.6 Å². The van der Waals surface area contributed by atoms with Crippen molar-refractivity contribution >= 4 is 61.4 Å². The monoisotopic (exact) mass is 881 g/mol. The van der Waals surface area contributed by atoms with E-state index in [0.717, 1.165) is 48.5 Å². The minimum absolute atomic E-state index is 0.256. The maximum Gasteiger partial charge on any atom is 0.411 e. The largest absolute Gasteiger partial charge is 0.453 e. The van der Waals surface area contributed by atoms with Gasteiger partial charge in [0.05, 0.1) is 14.2 Å². The Morgan fingerprint density at radius 1 is 0.754 bits per heavy atom. The van der Waals surface area contributed by atoms with Gasteiger partial charge in [-0.25, -0.2) is 31.9 Å². The second-order valence-corrected chi connectivity index (χ2v) is 11.7. The number of benzene rings is 4. The second kappa shape index (κ2) is 37.2. The summed E-state index contributed by atoms with van der Waals surface area (Å²) in [6.07, 6.45) is 0.0337. The molecule has 0 aliphatic carbocycles. The highest BCUT2D eigenvalue weighted by Gasteiger charge is 2.14. The average Bonchev–Trinajstić information content (AvgIpc) is 3.26. The van der Waals surface area contributed by atoms with E-state index in [0.29, 0.717) is 35.5 Å². The molecule has 0 fully saturated rings. The molecule has 4 aromatic rings. The number of hydrogen-bond acceptors (Lipinski definition) is 12. The first kappa shape index (κ1) is 59.5. The number of carbonyl (C=O) groups is 5. The van der Waals surface area contributed by atoms with E-state index in [4.69, 9.17) is 20.5 Å². The van der Waals surface area contributed by atoms with E-state index in [1.165, 1.54) is 38.5 Å². The number of hydrogen-bond donors (Lipinski definition) is 6. The standard InChI is InChI=1S/C16H17F2N3O2S.C11H14N2O3.C8H9F2N.C3H9N.C2H6.2CH2O/c1-23-16(22)20-14-4-2-11(3-5-14)15(21-24-19)8-10-6-12(17)9-13(18)7-10;1-3-13(8-14)10-6-4-9(5-7-10)12-11(15)16-2;1-5(11)6-2-7(9)4-8(10)3-6;1-3-4-2;3*1-2/h2-7,9,15,21H,8,19H2,1H3,(H,20,22);4-8H,3H2,1-2H3,(H,12,15);2-5H,11H2,1H3;4H,3H2,1-2H3;1-2H3;2*1H2/t15-;;;;;;/m0....../s1. The van der Waals surface area contributed by atoms with E-state index in [1.807, 2.05) is 41.4 Å². The van der Waals surface area contributed by atoms with Crippen molar-refractivity contribution in [1.29, 1.82) is 0 Å². The predicted molar refractivity (Wildman–Crippen MR) is 236 cm³/mol. The Bertz CT molecular complexity index is 1740. The molecule has 1 unspecified atom stereocenters. The molecule has 0 bridgehead atoms. The van der Waals surface area contributed by atoms with Crippen molar-refractivity contribution in [3.05, 3.63) is 125 Å². The van der Waals surface area contributed by atoms with E-state index in [1.54, 1.807) is 60.4 Å². The summed E-state index contributed by atoms with van der Waals surface area (Å²) in [5.74, 6) is -2.42. The van der Waals surface area contributed by atoms with Crippen LogP contribution >= 0.6 is 12.1 Å². The first-order valence-corrected chi connectivity index (χ1v) is 19.2. The van der Waals surface area contributed by atoms with Crippen LogP contribution in [0.1, 0.15) is 63.4 Å². The lowest BCUT2D eigenvalue weighted by Gasteiger charge is -2.18. The Kier molecular flexibility index (Phi) is 36.2. The molecule has 0 aromatic heterocycles. The quantitative estimate of drug-likeness (QED) is 0.0452. The minimum Gasteiger partial charge on any atom is -0.453 e. The Labute approximate surface area is 360 Å². The maximum atomic E-state index is 13.3. The molecule has 19 heteroatoms. The van der Waals surface area contributed by atoms with Crippen molar-refractivity contribution in [2.24, 2.45) is 10.9 Å². The van der Waals surface area contributed by atoms with Crippen molar-refractivity contribution in [3.63, 3.8) is 0 Å². The third-order valence-electron chi connectivity index (χ3n) is 7.18. The molecule has 61 heavy (non-hydrogen) atoms. The third-order valence-corrected chi connectivity index (χ3v) is 7.60. The zero-order chi connectivity index (χ0) is 47.3. The second-order valence-electron chi connectivity index (χ2n) is 11.3. The van der Waals surface area contributed by atoms with Gasteiger partial charge in [-0.1, -0.05) is 32.9 Å². The van der Waals surface area contributed by atoms with Gasteiger partial charge in [0, 0.05) is 60.0 Å². The van der Waals surface area contributed by atoms with Gasteiger partial charge >= 0.3 is 12.2 Å². The Morgan fingerprint density at radius 2 is 1.15 bits per heavy atom. The lowest BCUT2D eigenvalue weighted by molar-refractivity contribution is -0.107. The van der Waals surface area contributed by atoms with Gasteiger partial charge in [0.15, 0.2) is 0 Å². The van der Waals surface area contributed by atoms with Crippen LogP contribution in [-0.4, -0.2) is 66.5 Å². The van der Waals surface area contributed by atoms with Crippen LogP contribution in [0.4, 0.5) is 44.2 Å². The average molecular weight is 882 g/mol. The molecule has 8 N–H and O–H groups in total. The topological polar surface area (TPSA) is 207 Å². The van der Waals surface area contributed by atoms with Crippen molar-refractivity contribution in [2.75, 3.05) is 49.9 Å². The number of ether oxygens (including phenoxy) is 2. The van der Waals surface area contributed by atoms with Crippen LogP contribution in [-0.2, 0) is 30.3 Å². The lowest BCUT2D eigenvalue weighted by atomic mass is 9.99. The van der Waals surface area contributed by atoms with E-state index < -0.39 is 35.5 Å². The fourth-order valence-electron chi connectivity index (χ4n) is 4.30. The number of methoxy groups -OCH3 is 2. The number of nitrogens with zero attached hydrogens (tertiary/aromatic N) is 1. The number of anilines is 3. The highest BCUT2D eigenvalue weighted by Crippen LogP contribution is 2.23. The molecular formula is C42H59F4N7O7S. The Morgan fingerprint density at radius 3 is 1.48 bits per heavy atom. The predicted octanol–water partition coefficient (Wildman–Crippen LogP) is 8.25. The van der Waals surface area contributed by atoms with Gasteiger partial charge in [-0.15, -0.1) is 0 Å². The third kappa shape index (κ3) is 26.8. The highest BCUT2D eigenvalue weighted by molar-refractivity contribution is 7.95. The first-order valence-electron chi connectivity index (χ1n) is 18.4. The van der Waals surface area contributed by atoms with E-state index in [-0.39, 0.29) is 12.1 Å². The van der Waals surface area contributed by atoms with E-state index in [2.05, 4.69) is 37.1 Å². The molecule has 14 nitrogen and oxygen atoms in total. The van der Waals surface area contributed by atoms with Crippen LogP contribution in [0.2, 0.25) is 0 Å². The summed E-state index contributed by atoms with van der Waals surface area (Å²) in [7, 11) is 4.51. The van der Waals surface area contributed by atoms with Crippen LogP contribution in [0.25, 0.3) is 0 Å². The number of halogens is 4. The molecule has 0 saturated heterocycles. The van der Waals surface area contributed by atoms with Gasteiger partial charge in [-0.05, 0) is 111 Å². The molecule has 0 heterocycles. The smallest absolute Gasteiger partial charge is 0.411 e. The molecule has 0 aliphatic rings. The van der Waals surface area contributed by atoms with Crippen LogP contribution in [0, 0.1) is 23.3 Å². The Balaban J connectivity index is -0.000000786. The van der Waals surface area contributed by atoms with Crippen LogP contribution in [0.5, 0.6) is 0 Å². The fraction of sp³-hybridized carbons (Fsp3) is 0.310. The SMILES string of the molecule is C=O.C=O.CC.CC(N)c1cc(F)cc(F)c1.CCN(C=O)c1ccc(NC(=O)OC)cc1.CCNC.COC(=O)Nc1ccc([C@H](Cc2cc(F)cc(F)c2)NSN)cc1. The van der Waals surface area contributed by atoms with Crippen molar-refractivity contribution in [2.45, 2.75) is 53.1 Å². The zero-order valence-electron chi connectivity index (χ0n) is 35.7. The number of rotatable bonds is 12. The van der Waals surface area contributed by atoms with Gasteiger partial charge in [0.2, 0.25) is 6.41 Å². The van der Waals surface area contributed by atoms with Gasteiger partial charge in [-0.2, -0.15) is 0 Å². The lowest BCUT2D eigenvalue weighted by Crippen LogP contribution is -2.20. The molecule has 4 rings (SSSR count). The molecule has 4 aromatic carbocycles. The number of carbonyl (C=O) groups excluding carboxylic acids is 5. The Hall–Kier alpha value is -5.86. The highest BCUT2D eigenvalue weighted by atomic mass is 32.2. The van der Waals surface area contributed by atoms with Crippen molar-refractivity contribution in [1.82, 2.24) is 10.0 Å².